The fraction of sp³-hybridized carbons (Fsp3) is 0.385. The Balaban J connectivity index is 1.79. The van der Waals surface area contributed by atoms with E-state index in [1.54, 1.807) is 18.4 Å². The molecular formula is C13H14N4O3S. The van der Waals surface area contributed by atoms with Gasteiger partial charge in [0.05, 0.1) is 12.2 Å². The Bertz CT molecular complexity index is 691. The molecule has 0 spiro atoms. The number of nitrogens with one attached hydrogen (secondary N) is 1. The number of rotatable bonds is 4. The molecule has 0 aromatic carbocycles. The molecular weight excluding hydrogens is 292 g/mol. The van der Waals surface area contributed by atoms with Crippen LogP contribution < -0.4 is 5.32 Å². The lowest BCUT2D eigenvalue weighted by Crippen LogP contribution is -2.18. The summed E-state index contributed by atoms with van der Waals surface area (Å²) in [5, 5.41) is 12.8. The zero-order valence-electron chi connectivity index (χ0n) is 11.5. The van der Waals surface area contributed by atoms with Crippen molar-refractivity contribution in [1.82, 2.24) is 14.8 Å². The summed E-state index contributed by atoms with van der Waals surface area (Å²) in [6.07, 6.45) is 1.81. The molecule has 21 heavy (non-hydrogen) atoms. The molecule has 1 N–H and O–H groups in total. The van der Waals surface area contributed by atoms with Crippen LogP contribution in [0.25, 0.3) is 0 Å². The molecule has 3 heterocycles. The summed E-state index contributed by atoms with van der Waals surface area (Å²) < 4.78 is 6.77. The Hall–Kier alpha value is -2.22. The van der Waals surface area contributed by atoms with E-state index in [1.807, 2.05) is 4.57 Å². The monoisotopic (exact) mass is 306 g/mol. The van der Waals surface area contributed by atoms with Crippen molar-refractivity contribution in [2.45, 2.75) is 26.3 Å². The number of aromatic nitrogens is 3. The van der Waals surface area contributed by atoms with E-state index in [1.165, 1.54) is 11.3 Å². The van der Waals surface area contributed by atoms with Gasteiger partial charge in [-0.1, -0.05) is 0 Å². The highest BCUT2D eigenvalue weighted by molar-refractivity contribution is 7.14. The molecule has 2 aromatic heterocycles. The normalized spacial score (nSPS) is 13.0. The molecule has 0 saturated heterocycles. The Labute approximate surface area is 124 Å². The van der Waals surface area contributed by atoms with E-state index < -0.39 is 5.97 Å². The van der Waals surface area contributed by atoms with Crippen molar-refractivity contribution < 1.29 is 14.3 Å². The Morgan fingerprint density at radius 3 is 3.14 bits per heavy atom. The van der Waals surface area contributed by atoms with Crippen LogP contribution in [0.15, 0.2) is 11.4 Å². The molecule has 0 fully saturated rings. The van der Waals surface area contributed by atoms with Gasteiger partial charge in [-0.15, -0.1) is 21.5 Å². The van der Waals surface area contributed by atoms with Gasteiger partial charge in [0.1, 0.15) is 10.8 Å². The first-order valence-corrected chi connectivity index (χ1v) is 7.56. The SMILES string of the molecule is CCOC(=O)c1ccsc1NC(=O)c1nnc2n1CCC2. The van der Waals surface area contributed by atoms with Crippen LogP contribution in [-0.2, 0) is 17.7 Å². The maximum Gasteiger partial charge on any atom is 0.341 e. The van der Waals surface area contributed by atoms with Crippen molar-refractivity contribution >= 4 is 28.2 Å². The molecule has 0 saturated carbocycles. The quantitative estimate of drug-likeness (QED) is 0.869. The molecule has 0 unspecified atom stereocenters. The van der Waals surface area contributed by atoms with Crippen LogP contribution in [0.3, 0.4) is 0 Å². The number of nitrogens with zero attached hydrogens (tertiary/aromatic N) is 3. The summed E-state index contributed by atoms with van der Waals surface area (Å²) in [6.45, 7) is 2.78. The molecule has 2 aromatic rings. The number of amides is 1. The second-order valence-electron chi connectivity index (χ2n) is 4.53. The average molecular weight is 306 g/mol. The van der Waals surface area contributed by atoms with Crippen molar-refractivity contribution in [1.29, 1.82) is 0 Å². The summed E-state index contributed by atoms with van der Waals surface area (Å²) in [5.74, 6) is 0.312. The van der Waals surface area contributed by atoms with Crippen LogP contribution in [0.1, 0.15) is 40.1 Å². The minimum atomic E-state index is -0.444. The summed E-state index contributed by atoms with van der Waals surface area (Å²) in [4.78, 5) is 24.1. The molecule has 1 amide bonds. The minimum absolute atomic E-state index is 0.283. The number of esters is 1. The molecule has 0 aliphatic carbocycles. The molecule has 0 radical (unpaired) electrons. The predicted molar refractivity (Wildman–Crippen MR) is 76.6 cm³/mol. The Morgan fingerprint density at radius 1 is 1.48 bits per heavy atom. The number of hydrogen-bond acceptors (Lipinski definition) is 6. The van der Waals surface area contributed by atoms with Gasteiger partial charge >= 0.3 is 5.97 Å². The summed E-state index contributed by atoms with van der Waals surface area (Å²) >= 11 is 1.27. The van der Waals surface area contributed by atoms with E-state index in [4.69, 9.17) is 4.74 Å². The molecule has 1 aliphatic heterocycles. The first-order valence-electron chi connectivity index (χ1n) is 6.68. The number of ether oxygens (including phenoxy) is 1. The predicted octanol–water partition coefficient (Wildman–Crippen LogP) is 1.71. The van der Waals surface area contributed by atoms with Crippen LogP contribution in [0, 0.1) is 0 Å². The number of anilines is 1. The van der Waals surface area contributed by atoms with E-state index in [2.05, 4.69) is 15.5 Å². The number of thiophene rings is 1. The molecule has 7 nitrogen and oxygen atoms in total. The van der Waals surface area contributed by atoms with Gasteiger partial charge in [0, 0.05) is 13.0 Å². The van der Waals surface area contributed by atoms with Gasteiger partial charge in [0.15, 0.2) is 0 Å². The number of aryl methyl sites for hydroxylation is 1. The molecule has 0 bridgehead atoms. The lowest BCUT2D eigenvalue weighted by atomic mass is 10.3. The maximum absolute atomic E-state index is 12.3. The van der Waals surface area contributed by atoms with E-state index in [0.29, 0.717) is 17.2 Å². The second-order valence-corrected chi connectivity index (χ2v) is 5.45. The highest BCUT2D eigenvalue weighted by atomic mass is 32.1. The number of hydrogen-bond donors (Lipinski definition) is 1. The number of fused-ring (bicyclic) bond motifs is 1. The second kappa shape index (κ2) is 5.65. The molecule has 8 heteroatoms. The van der Waals surface area contributed by atoms with Crippen molar-refractivity contribution in [2.75, 3.05) is 11.9 Å². The van der Waals surface area contributed by atoms with Gasteiger partial charge in [-0.25, -0.2) is 4.79 Å². The van der Waals surface area contributed by atoms with Gasteiger partial charge in [0.2, 0.25) is 5.82 Å². The third kappa shape index (κ3) is 2.54. The van der Waals surface area contributed by atoms with Crippen molar-refractivity contribution in [3.63, 3.8) is 0 Å². The first kappa shape index (κ1) is 13.7. The van der Waals surface area contributed by atoms with Gasteiger partial charge in [0.25, 0.3) is 5.91 Å². The first-order chi connectivity index (χ1) is 10.2. The maximum atomic E-state index is 12.3. The van der Waals surface area contributed by atoms with E-state index >= 15 is 0 Å². The van der Waals surface area contributed by atoms with Crippen LogP contribution in [-0.4, -0.2) is 33.2 Å². The summed E-state index contributed by atoms with van der Waals surface area (Å²) in [5.41, 5.74) is 0.358. The highest BCUT2D eigenvalue weighted by Crippen LogP contribution is 2.25. The van der Waals surface area contributed by atoms with Crippen LogP contribution in [0.5, 0.6) is 0 Å². The smallest absolute Gasteiger partial charge is 0.341 e. The van der Waals surface area contributed by atoms with Gasteiger partial charge in [-0.05, 0) is 24.8 Å². The van der Waals surface area contributed by atoms with E-state index in [9.17, 15) is 9.59 Å². The van der Waals surface area contributed by atoms with Gasteiger partial charge in [-0.2, -0.15) is 0 Å². The van der Waals surface area contributed by atoms with E-state index in [0.717, 1.165) is 25.2 Å². The lowest BCUT2D eigenvalue weighted by molar-refractivity contribution is 0.0528. The van der Waals surface area contributed by atoms with Crippen molar-refractivity contribution in [3.05, 3.63) is 28.7 Å². The standard InChI is InChI=1S/C13H14N4O3S/c1-2-20-13(19)8-5-7-21-12(8)14-11(18)10-16-15-9-4-3-6-17(9)10/h5,7H,2-4,6H2,1H3,(H,14,18). The fourth-order valence-corrected chi connectivity index (χ4v) is 3.02. The third-order valence-corrected chi connectivity index (χ3v) is 4.03. The van der Waals surface area contributed by atoms with E-state index in [-0.39, 0.29) is 11.7 Å². The highest BCUT2D eigenvalue weighted by Gasteiger charge is 2.24. The van der Waals surface area contributed by atoms with Crippen molar-refractivity contribution in [3.8, 4) is 0 Å². The number of carbonyl (C=O) groups is 2. The fourth-order valence-electron chi connectivity index (χ4n) is 2.25. The minimum Gasteiger partial charge on any atom is -0.462 e. The molecule has 3 rings (SSSR count). The third-order valence-electron chi connectivity index (χ3n) is 3.20. The Morgan fingerprint density at radius 2 is 2.33 bits per heavy atom. The molecule has 0 atom stereocenters. The average Bonchev–Trinajstić information content (AvgIpc) is 3.14. The molecule has 1 aliphatic rings. The zero-order chi connectivity index (χ0) is 14.8. The van der Waals surface area contributed by atoms with Gasteiger partial charge < -0.3 is 14.6 Å². The van der Waals surface area contributed by atoms with Crippen LogP contribution in [0.4, 0.5) is 5.00 Å². The largest absolute Gasteiger partial charge is 0.462 e. The molecule has 110 valence electrons. The summed E-state index contributed by atoms with van der Waals surface area (Å²) in [7, 11) is 0. The number of carbonyl (C=O) groups excluding carboxylic acids is 2. The van der Waals surface area contributed by atoms with Gasteiger partial charge in [-0.3, -0.25) is 4.79 Å². The Kier molecular flexibility index (Phi) is 3.70. The van der Waals surface area contributed by atoms with Crippen LogP contribution in [0.2, 0.25) is 0 Å². The summed E-state index contributed by atoms with van der Waals surface area (Å²) in [6, 6.07) is 1.63. The topological polar surface area (TPSA) is 86.1 Å². The van der Waals surface area contributed by atoms with Crippen molar-refractivity contribution in [2.24, 2.45) is 0 Å². The zero-order valence-corrected chi connectivity index (χ0v) is 12.3. The van der Waals surface area contributed by atoms with Crippen LogP contribution >= 0.6 is 11.3 Å². The lowest BCUT2D eigenvalue weighted by Gasteiger charge is -2.06.